The molecule has 0 N–H and O–H groups in total. The summed E-state index contributed by atoms with van der Waals surface area (Å²) in [6.07, 6.45) is 0. The van der Waals surface area contributed by atoms with Gasteiger partial charge in [0.15, 0.2) is 0 Å². The minimum atomic E-state index is -3.94. The highest BCUT2D eigenvalue weighted by Crippen LogP contribution is 2.47. The van der Waals surface area contributed by atoms with Crippen molar-refractivity contribution in [2.45, 2.75) is 25.7 Å². The van der Waals surface area contributed by atoms with E-state index in [9.17, 15) is 8.42 Å². The Morgan fingerprint density at radius 1 is 0.625 bits per heavy atom. The predicted octanol–water partition coefficient (Wildman–Crippen LogP) is 9.16. The molecule has 0 aliphatic heterocycles. The van der Waals surface area contributed by atoms with E-state index in [1.807, 2.05) is 61.5 Å². The molecule has 8 aromatic rings. The molecule has 4 nitrogen and oxygen atoms in total. The van der Waals surface area contributed by atoms with Crippen LogP contribution in [0.5, 0.6) is 0 Å². The van der Waals surface area contributed by atoms with Crippen LogP contribution in [0.25, 0.3) is 65.3 Å². The summed E-state index contributed by atoms with van der Waals surface area (Å²) in [6, 6.07) is 31.5. The van der Waals surface area contributed by atoms with E-state index in [4.69, 9.17) is 4.42 Å². The van der Waals surface area contributed by atoms with Crippen LogP contribution in [0.15, 0.2) is 106 Å². The molecule has 0 atom stereocenters. The number of rotatable bonds is 2. The van der Waals surface area contributed by atoms with Crippen LogP contribution < -0.4 is 0 Å². The highest BCUT2D eigenvalue weighted by atomic mass is 32.2. The van der Waals surface area contributed by atoms with E-state index < -0.39 is 10.0 Å². The average Bonchev–Trinajstić information content (AvgIpc) is 3.51. The molecule has 8 rings (SSSR count). The van der Waals surface area contributed by atoms with Gasteiger partial charge in [0.25, 0.3) is 10.0 Å². The highest BCUT2D eigenvalue weighted by molar-refractivity contribution is 7.90. The van der Waals surface area contributed by atoms with Gasteiger partial charge in [-0.1, -0.05) is 66.2 Å². The summed E-state index contributed by atoms with van der Waals surface area (Å²) in [4.78, 5) is 0.264. The minimum absolute atomic E-state index is 0.264. The Labute approximate surface area is 231 Å². The molecule has 5 heteroatoms. The lowest BCUT2D eigenvalue weighted by molar-refractivity contribution is 0.590. The number of aryl methyl sites for hydroxylation is 3. The minimum Gasteiger partial charge on any atom is -0.455 e. The smallest absolute Gasteiger partial charge is 0.268 e. The maximum atomic E-state index is 14.5. The van der Waals surface area contributed by atoms with Gasteiger partial charge in [0, 0.05) is 32.3 Å². The van der Waals surface area contributed by atoms with E-state index in [-0.39, 0.29) is 4.90 Å². The lowest BCUT2D eigenvalue weighted by Crippen LogP contribution is -2.13. The van der Waals surface area contributed by atoms with Crippen molar-refractivity contribution in [3.8, 4) is 0 Å². The number of furan rings is 1. The van der Waals surface area contributed by atoms with Crippen molar-refractivity contribution in [2.75, 3.05) is 0 Å². The third kappa shape index (κ3) is 2.98. The van der Waals surface area contributed by atoms with Gasteiger partial charge < -0.3 is 4.42 Å². The number of hydrogen-bond donors (Lipinski definition) is 0. The molecule has 0 unspecified atom stereocenters. The van der Waals surface area contributed by atoms with Gasteiger partial charge in [0.1, 0.15) is 11.2 Å². The van der Waals surface area contributed by atoms with Crippen molar-refractivity contribution < 1.29 is 12.8 Å². The lowest BCUT2D eigenvalue weighted by Gasteiger charge is -2.13. The summed E-state index contributed by atoms with van der Waals surface area (Å²) < 4.78 is 37.3. The Morgan fingerprint density at radius 3 is 2.08 bits per heavy atom. The van der Waals surface area contributed by atoms with Gasteiger partial charge in [-0.2, -0.15) is 0 Å². The molecule has 194 valence electrons. The van der Waals surface area contributed by atoms with Crippen LogP contribution in [0.2, 0.25) is 0 Å². The largest absolute Gasteiger partial charge is 0.455 e. The van der Waals surface area contributed by atoms with Gasteiger partial charge in [-0.3, -0.25) is 0 Å². The number of benzene rings is 6. The fourth-order valence-corrected chi connectivity index (χ4v) is 7.81. The third-order valence-electron chi connectivity index (χ3n) is 8.35. The van der Waals surface area contributed by atoms with Gasteiger partial charge >= 0.3 is 0 Å². The Balaban J connectivity index is 1.73. The van der Waals surface area contributed by atoms with Crippen molar-refractivity contribution in [3.63, 3.8) is 0 Å². The first-order valence-electron chi connectivity index (χ1n) is 13.4. The van der Waals surface area contributed by atoms with Crippen molar-refractivity contribution in [1.29, 1.82) is 0 Å². The highest BCUT2D eigenvalue weighted by Gasteiger charge is 2.28. The van der Waals surface area contributed by atoms with E-state index in [1.54, 1.807) is 16.1 Å². The van der Waals surface area contributed by atoms with Crippen molar-refractivity contribution in [2.24, 2.45) is 0 Å². The zero-order valence-electron chi connectivity index (χ0n) is 22.3. The van der Waals surface area contributed by atoms with Crippen LogP contribution >= 0.6 is 0 Å². The zero-order valence-corrected chi connectivity index (χ0v) is 23.1. The summed E-state index contributed by atoms with van der Waals surface area (Å²) in [5.74, 6) is 0. The second kappa shape index (κ2) is 7.96. The molecule has 2 heterocycles. The van der Waals surface area contributed by atoms with Gasteiger partial charge in [-0.25, -0.2) is 12.4 Å². The molecule has 0 fully saturated rings. The van der Waals surface area contributed by atoms with Crippen molar-refractivity contribution >= 4 is 75.3 Å². The van der Waals surface area contributed by atoms with Gasteiger partial charge in [0.2, 0.25) is 0 Å². The van der Waals surface area contributed by atoms with Crippen LogP contribution in [0.1, 0.15) is 16.7 Å². The van der Waals surface area contributed by atoms with Crippen LogP contribution in [0.4, 0.5) is 0 Å². The van der Waals surface area contributed by atoms with Gasteiger partial charge in [-0.15, -0.1) is 0 Å². The lowest BCUT2D eigenvalue weighted by atomic mass is 9.95. The standard InChI is InChI=1S/C35H25NO3S/c1-20-12-15-24(16-13-20)40(37,38)36-29-11-7-6-10-26(29)32-33-31-25-9-5-4-8-23(25)14-17-30(31)39-35(33)28-19-22(3)21(2)18-27(28)34(32)36/h4-19H,1-3H3. The van der Waals surface area contributed by atoms with Crippen molar-refractivity contribution in [1.82, 2.24) is 3.97 Å². The van der Waals surface area contributed by atoms with E-state index in [0.29, 0.717) is 11.0 Å². The van der Waals surface area contributed by atoms with E-state index in [0.717, 1.165) is 70.9 Å². The normalized spacial score (nSPS) is 12.6. The summed E-state index contributed by atoms with van der Waals surface area (Å²) in [5, 5.41) is 7.71. The Bertz CT molecular complexity index is 2460. The fourth-order valence-electron chi connectivity index (χ4n) is 6.27. The first-order valence-corrected chi connectivity index (χ1v) is 14.8. The molecule has 6 aromatic carbocycles. The number of nitrogens with zero attached hydrogens (tertiary/aromatic N) is 1. The molecule has 0 aliphatic rings. The molecule has 0 spiro atoms. The number of para-hydroxylation sites is 1. The summed E-state index contributed by atoms with van der Waals surface area (Å²) >= 11 is 0. The summed E-state index contributed by atoms with van der Waals surface area (Å²) in [7, 11) is -3.94. The van der Waals surface area contributed by atoms with Crippen molar-refractivity contribution in [3.05, 3.63) is 114 Å². The van der Waals surface area contributed by atoms with Crippen LogP contribution in [0, 0.1) is 20.8 Å². The quantitative estimate of drug-likeness (QED) is 0.220. The molecular formula is C35H25NO3S. The fraction of sp³-hybridized carbons (Fsp3) is 0.0857. The van der Waals surface area contributed by atoms with Gasteiger partial charge in [-0.05, 0) is 79.1 Å². The molecule has 2 aromatic heterocycles. The van der Waals surface area contributed by atoms with E-state index >= 15 is 0 Å². The predicted molar refractivity (Wildman–Crippen MR) is 165 cm³/mol. The Kier molecular flexibility index (Phi) is 4.64. The van der Waals surface area contributed by atoms with E-state index in [2.05, 4.69) is 44.2 Å². The third-order valence-corrected chi connectivity index (χ3v) is 10.1. The van der Waals surface area contributed by atoms with E-state index in [1.165, 1.54) is 0 Å². The molecule has 0 saturated heterocycles. The number of fused-ring (bicyclic) bond motifs is 12. The number of hydrogen-bond acceptors (Lipinski definition) is 3. The summed E-state index contributed by atoms with van der Waals surface area (Å²) in [5.41, 5.74) is 6.15. The summed E-state index contributed by atoms with van der Waals surface area (Å²) in [6.45, 7) is 6.11. The number of aromatic nitrogens is 1. The SMILES string of the molecule is Cc1ccc(S(=O)(=O)n2c3ccccc3c3c4c(oc5ccc6ccccc6c54)c4cc(C)c(C)cc4c32)cc1. The molecule has 40 heavy (non-hydrogen) atoms. The first-order chi connectivity index (χ1) is 19.3. The molecule has 0 bridgehead atoms. The average molecular weight is 540 g/mol. The first kappa shape index (κ1) is 23.3. The topological polar surface area (TPSA) is 52.2 Å². The zero-order chi connectivity index (χ0) is 27.3. The second-order valence-corrected chi connectivity index (χ2v) is 12.6. The molecule has 0 aliphatic carbocycles. The molecule has 0 saturated carbocycles. The molecule has 0 amide bonds. The van der Waals surface area contributed by atoms with Gasteiger partial charge in [0.05, 0.1) is 15.9 Å². The maximum absolute atomic E-state index is 14.5. The Hall–Kier alpha value is -4.61. The second-order valence-electron chi connectivity index (χ2n) is 10.8. The van der Waals surface area contributed by atoms with Crippen LogP contribution in [-0.4, -0.2) is 12.4 Å². The monoisotopic (exact) mass is 539 g/mol. The van der Waals surface area contributed by atoms with Crippen LogP contribution in [0.3, 0.4) is 0 Å². The maximum Gasteiger partial charge on any atom is 0.268 e. The van der Waals surface area contributed by atoms with Crippen LogP contribution in [-0.2, 0) is 10.0 Å². The molecule has 0 radical (unpaired) electrons. The molecular weight excluding hydrogens is 514 g/mol. The Morgan fingerprint density at radius 2 is 1.30 bits per heavy atom.